The second-order valence-electron chi connectivity index (χ2n) is 4.72. The van der Waals surface area contributed by atoms with E-state index in [2.05, 4.69) is 5.32 Å². The van der Waals surface area contributed by atoms with E-state index in [1.165, 1.54) is 12.8 Å². The van der Waals surface area contributed by atoms with Crippen LogP contribution in [0.5, 0.6) is 0 Å². The first-order valence-electron chi connectivity index (χ1n) is 6.78. The predicted molar refractivity (Wildman–Crippen MR) is 73.1 cm³/mol. The Kier molecular flexibility index (Phi) is 4.76. The number of ketones is 1. The summed E-state index contributed by atoms with van der Waals surface area (Å²) in [7, 11) is 0. The minimum atomic E-state index is 0.192. The van der Waals surface area contributed by atoms with E-state index in [1.807, 2.05) is 31.2 Å². The fraction of sp³-hybridized carbons (Fsp3) is 0.533. The van der Waals surface area contributed by atoms with Gasteiger partial charge in [-0.15, -0.1) is 0 Å². The number of hydrogen-bond acceptors (Lipinski definition) is 3. The molecule has 0 saturated carbocycles. The Morgan fingerprint density at radius 1 is 1.33 bits per heavy atom. The van der Waals surface area contributed by atoms with Gasteiger partial charge in [-0.2, -0.15) is 0 Å². The van der Waals surface area contributed by atoms with E-state index >= 15 is 0 Å². The number of anilines is 1. The number of ether oxygens (including phenoxy) is 1. The summed E-state index contributed by atoms with van der Waals surface area (Å²) in [6.07, 6.45) is 4.47. The molecule has 1 aromatic carbocycles. The first-order valence-corrected chi connectivity index (χ1v) is 6.78. The third-order valence-electron chi connectivity index (χ3n) is 3.34. The van der Waals surface area contributed by atoms with Crippen molar-refractivity contribution in [3.63, 3.8) is 0 Å². The second-order valence-corrected chi connectivity index (χ2v) is 4.72. The molecule has 3 nitrogen and oxygen atoms in total. The molecule has 3 heteroatoms. The van der Waals surface area contributed by atoms with Gasteiger partial charge in [0.25, 0.3) is 0 Å². The summed E-state index contributed by atoms with van der Waals surface area (Å²) in [5, 5.41) is 3.36. The van der Waals surface area contributed by atoms with E-state index in [-0.39, 0.29) is 5.78 Å². The van der Waals surface area contributed by atoms with Crippen molar-refractivity contribution in [1.29, 1.82) is 0 Å². The van der Waals surface area contributed by atoms with Crippen molar-refractivity contribution >= 4 is 11.5 Å². The molecular formula is C15H21NO2. The molecule has 0 aliphatic carbocycles. The molecule has 0 aromatic heterocycles. The lowest BCUT2D eigenvalue weighted by Gasteiger charge is -2.23. The number of Topliss-reactive ketones (excluding diaryl/α,β-unsaturated/α-hetero) is 1. The Bertz CT molecular complexity index is 380. The van der Waals surface area contributed by atoms with Gasteiger partial charge in [0.05, 0.1) is 6.10 Å². The number of benzene rings is 1. The monoisotopic (exact) mass is 247 g/mol. The van der Waals surface area contributed by atoms with E-state index in [1.54, 1.807) is 0 Å². The van der Waals surface area contributed by atoms with Crippen LogP contribution < -0.4 is 5.32 Å². The van der Waals surface area contributed by atoms with Gasteiger partial charge in [0, 0.05) is 30.8 Å². The van der Waals surface area contributed by atoms with Crippen LogP contribution >= 0.6 is 0 Å². The van der Waals surface area contributed by atoms with Crippen LogP contribution in [0.2, 0.25) is 0 Å². The number of hydrogen-bond donors (Lipinski definition) is 1. The highest BCUT2D eigenvalue weighted by Crippen LogP contribution is 2.15. The molecule has 1 aliphatic rings. The van der Waals surface area contributed by atoms with Crippen molar-refractivity contribution in [2.24, 2.45) is 0 Å². The molecule has 0 bridgehead atoms. The summed E-state index contributed by atoms with van der Waals surface area (Å²) in [5.41, 5.74) is 1.84. The number of rotatable bonds is 5. The lowest BCUT2D eigenvalue weighted by Crippen LogP contribution is -2.26. The molecule has 1 heterocycles. The average molecular weight is 247 g/mol. The molecule has 98 valence electrons. The zero-order valence-corrected chi connectivity index (χ0v) is 10.9. The van der Waals surface area contributed by atoms with E-state index in [9.17, 15) is 4.79 Å². The van der Waals surface area contributed by atoms with Crippen molar-refractivity contribution < 1.29 is 9.53 Å². The molecule has 1 aromatic rings. The first kappa shape index (κ1) is 13.1. The van der Waals surface area contributed by atoms with Crippen LogP contribution in [0.1, 0.15) is 43.0 Å². The second kappa shape index (κ2) is 6.55. The molecule has 1 saturated heterocycles. The van der Waals surface area contributed by atoms with Crippen LogP contribution in [0.25, 0.3) is 0 Å². The molecule has 1 atom stereocenters. The van der Waals surface area contributed by atoms with Crippen molar-refractivity contribution in [2.45, 2.75) is 38.7 Å². The van der Waals surface area contributed by atoms with Crippen LogP contribution in [0.15, 0.2) is 24.3 Å². The lowest BCUT2D eigenvalue weighted by molar-refractivity contribution is 0.0247. The third-order valence-corrected chi connectivity index (χ3v) is 3.34. The Hall–Kier alpha value is -1.35. The Morgan fingerprint density at radius 2 is 2.11 bits per heavy atom. The molecule has 1 unspecified atom stereocenters. The van der Waals surface area contributed by atoms with Crippen LogP contribution in [0.4, 0.5) is 5.69 Å². The number of carbonyl (C=O) groups is 1. The van der Waals surface area contributed by atoms with Gasteiger partial charge in [-0.3, -0.25) is 4.79 Å². The summed E-state index contributed by atoms with van der Waals surface area (Å²) >= 11 is 0. The van der Waals surface area contributed by atoms with Crippen LogP contribution in [-0.2, 0) is 4.74 Å². The van der Waals surface area contributed by atoms with Crippen molar-refractivity contribution in [3.05, 3.63) is 29.8 Å². The van der Waals surface area contributed by atoms with Crippen LogP contribution in [-0.4, -0.2) is 25.0 Å². The zero-order valence-electron chi connectivity index (χ0n) is 10.9. The molecular weight excluding hydrogens is 226 g/mol. The number of nitrogens with one attached hydrogen (secondary N) is 1. The highest BCUT2D eigenvalue weighted by atomic mass is 16.5. The highest BCUT2D eigenvalue weighted by Gasteiger charge is 2.13. The van der Waals surface area contributed by atoms with Gasteiger partial charge in [0.15, 0.2) is 5.78 Å². The maximum absolute atomic E-state index is 11.5. The Morgan fingerprint density at radius 3 is 2.72 bits per heavy atom. The van der Waals surface area contributed by atoms with Gasteiger partial charge in [0.2, 0.25) is 0 Å². The minimum Gasteiger partial charge on any atom is -0.382 e. The standard InChI is InChI=1S/C15H21NO2/c1-2-15(17)12-6-8-13(9-7-12)16-11-14-5-3-4-10-18-14/h6-9,14,16H,2-5,10-11H2,1H3. The van der Waals surface area contributed by atoms with Crippen LogP contribution in [0, 0.1) is 0 Å². The summed E-state index contributed by atoms with van der Waals surface area (Å²) in [5.74, 6) is 0.192. The Balaban J connectivity index is 1.84. The zero-order chi connectivity index (χ0) is 12.8. The van der Waals surface area contributed by atoms with Gasteiger partial charge in [0.1, 0.15) is 0 Å². The average Bonchev–Trinajstić information content (AvgIpc) is 2.46. The van der Waals surface area contributed by atoms with Crippen LogP contribution in [0.3, 0.4) is 0 Å². The highest BCUT2D eigenvalue weighted by molar-refractivity contribution is 5.96. The third kappa shape index (κ3) is 3.57. The molecule has 18 heavy (non-hydrogen) atoms. The van der Waals surface area contributed by atoms with Crippen molar-refractivity contribution in [2.75, 3.05) is 18.5 Å². The molecule has 2 rings (SSSR count). The van der Waals surface area contributed by atoms with E-state index in [0.717, 1.165) is 30.8 Å². The molecule has 0 radical (unpaired) electrons. The summed E-state index contributed by atoms with van der Waals surface area (Å²) < 4.78 is 5.66. The fourth-order valence-corrected chi connectivity index (χ4v) is 2.18. The SMILES string of the molecule is CCC(=O)c1ccc(NCC2CCCCO2)cc1. The molecule has 1 N–H and O–H groups in total. The number of carbonyl (C=O) groups excluding carboxylic acids is 1. The maximum Gasteiger partial charge on any atom is 0.162 e. The molecule has 1 aliphatic heterocycles. The molecule has 0 amide bonds. The van der Waals surface area contributed by atoms with Gasteiger partial charge in [-0.1, -0.05) is 6.92 Å². The van der Waals surface area contributed by atoms with E-state index in [4.69, 9.17) is 4.74 Å². The van der Waals surface area contributed by atoms with Gasteiger partial charge in [-0.25, -0.2) is 0 Å². The maximum atomic E-state index is 11.5. The Labute approximate surface area is 109 Å². The largest absolute Gasteiger partial charge is 0.382 e. The molecule has 1 fully saturated rings. The minimum absolute atomic E-state index is 0.192. The van der Waals surface area contributed by atoms with E-state index in [0.29, 0.717) is 12.5 Å². The van der Waals surface area contributed by atoms with Gasteiger partial charge in [-0.05, 0) is 43.5 Å². The predicted octanol–water partition coefficient (Wildman–Crippen LogP) is 3.26. The molecule has 0 spiro atoms. The fourth-order valence-electron chi connectivity index (χ4n) is 2.18. The normalized spacial score (nSPS) is 19.5. The summed E-state index contributed by atoms with van der Waals surface area (Å²) in [6.45, 7) is 3.62. The first-order chi connectivity index (χ1) is 8.79. The summed E-state index contributed by atoms with van der Waals surface area (Å²) in [4.78, 5) is 11.5. The van der Waals surface area contributed by atoms with Crippen molar-refractivity contribution in [1.82, 2.24) is 0 Å². The smallest absolute Gasteiger partial charge is 0.162 e. The van der Waals surface area contributed by atoms with Gasteiger partial charge >= 0.3 is 0 Å². The van der Waals surface area contributed by atoms with E-state index < -0.39 is 0 Å². The van der Waals surface area contributed by atoms with Gasteiger partial charge < -0.3 is 10.1 Å². The van der Waals surface area contributed by atoms with Crippen molar-refractivity contribution in [3.8, 4) is 0 Å². The lowest BCUT2D eigenvalue weighted by atomic mass is 10.1. The summed E-state index contributed by atoms with van der Waals surface area (Å²) in [6, 6.07) is 7.70. The quantitative estimate of drug-likeness (QED) is 0.812. The topological polar surface area (TPSA) is 38.3 Å².